The first-order chi connectivity index (χ1) is 22.6. The third-order valence-electron chi connectivity index (χ3n) is 8.47. The number of hydrogen-bond donors (Lipinski definition) is 0. The van der Waals surface area contributed by atoms with Crippen molar-refractivity contribution in [2.45, 2.75) is 33.2 Å². The fraction of sp³-hybridized carbons (Fsp3) is 0.140. The molecule has 1 heterocycles. The number of allylic oxidation sites excluding steroid dienone is 6. The van der Waals surface area contributed by atoms with Gasteiger partial charge in [-0.15, -0.1) is 0 Å². The molecule has 1 unspecified atom stereocenters. The lowest BCUT2D eigenvalue weighted by atomic mass is 9.89. The van der Waals surface area contributed by atoms with Gasteiger partial charge in [-0.1, -0.05) is 122 Å². The molecule has 0 N–H and O–H groups in total. The summed E-state index contributed by atoms with van der Waals surface area (Å²) in [6.07, 6.45) is 18.7. The van der Waals surface area contributed by atoms with Crippen LogP contribution < -0.4 is 0 Å². The van der Waals surface area contributed by atoms with E-state index < -0.39 is 0 Å². The van der Waals surface area contributed by atoms with Gasteiger partial charge in [-0.2, -0.15) is 0 Å². The van der Waals surface area contributed by atoms with Gasteiger partial charge in [0, 0.05) is 29.6 Å². The van der Waals surface area contributed by atoms with Gasteiger partial charge in [0.2, 0.25) is 0 Å². The summed E-state index contributed by atoms with van der Waals surface area (Å²) in [5, 5.41) is 2.46. The van der Waals surface area contributed by atoms with Crippen molar-refractivity contribution >= 4 is 34.9 Å². The van der Waals surface area contributed by atoms with E-state index in [1.165, 1.54) is 33.0 Å². The molecule has 3 nitrogen and oxygen atoms in total. The van der Waals surface area contributed by atoms with Crippen LogP contribution in [-0.4, -0.2) is 17.4 Å². The molecular formula is C43H39N3. The number of nitrogens with zero attached hydrogens (tertiary/aromatic N) is 3. The number of aryl methyl sites for hydroxylation is 1. The van der Waals surface area contributed by atoms with Crippen molar-refractivity contribution in [1.29, 1.82) is 0 Å². The SMILES string of the molecule is C=N/C(=C\C(=N/Cc1ccc(/C=C\CC)c(C)c1)c1cccc(-c2cccc3ccccc23)c1)C1C=C(c2cccnc2)C=CC1. The second-order valence-corrected chi connectivity index (χ2v) is 11.6. The molecule has 0 aliphatic heterocycles. The van der Waals surface area contributed by atoms with E-state index in [9.17, 15) is 0 Å². The molecule has 0 saturated carbocycles. The predicted octanol–water partition coefficient (Wildman–Crippen LogP) is 10.9. The van der Waals surface area contributed by atoms with E-state index in [2.05, 4.69) is 158 Å². The predicted molar refractivity (Wildman–Crippen MR) is 197 cm³/mol. The molecule has 0 fully saturated rings. The molecule has 4 aromatic carbocycles. The van der Waals surface area contributed by atoms with Gasteiger partial charge in [0.1, 0.15) is 0 Å². The quantitative estimate of drug-likeness (QED) is 0.148. The maximum absolute atomic E-state index is 5.24. The molecule has 0 amide bonds. The Morgan fingerprint density at radius 2 is 1.78 bits per heavy atom. The number of pyridine rings is 1. The summed E-state index contributed by atoms with van der Waals surface area (Å²) in [4.78, 5) is 14.1. The van der Waals surface area contributed by atoms with E-state index in [1.807, 2.05) is 12.3 Å². The van der Waals surface area contributed by atoms with Crippen molar-refractivity contribution in [2.24, 2.45) is 15.9 Å². The Morgan fingerprint density at radius 3 is 2.61 bits per heavy atom. The second kappa shape index (κ2) is 14.6. The topological polar surface area (TPSA) is 37.6 Å². The molecule has 1 aromatic heterocycles. The molecule has 5 aromatic rings. The third kappa shape index (κ3) is 7.11. The van der Waals surface area contributed by atoms with Crippen LogP contribution in [0.1, 0.15) is 47.6 Å². The molecule has 6 rings (SSSR count). The summed E-state index contributed by atoms with van der Waals surface area (Å²) in [7, 11) is 0. The molecular weight excluding hydrogens is 558 g/mol. The summed E-state index contributed by atoms with van der Waals surface area (Å²) in [5.41, 5.74) is 11.1. The number of rotatable bonds is 10. The van der Waals surface area contributed by atoms with Crippen LogP contribution in [0.3, 0.4) is 0 Å². The number of benzene rings is 4. The van der Waals surface area contributed by atoms with Crippen LogP contribution in [0, 0.1) is 12.8 Å². The monoisotopic (exact) mass is 597 g/mol. The Hall–Kier alpha value is -5.41. The number of aromatic nitrogens is 1. The second-order valence-electron chi connectivity index (χ2n) is 11.6. The normalized spacial score (nSPS) is 15.3. The molecule has 1 aliphatic carbocycles. The zero-order valence-corrected chi connectivity index (χ0v) is 26.6. The lowest BCUT2D eigenvalue weighted by Gasteiger charge is -2.18. The van der Waals surface area contributed by atoms with Gasteiger partial charge >= 0.3 is 0 Å². The van der Waals surface area contributed by atoms with Crippen LogP contribution in [0.4, 0.5) is 0 Å². The molecule has 0 radical (unpaired) electrons. The van der Waals surface area contributed by atoms with Crippen molar-refractivity contribution < 1.29 is 0 Å². The van der Waals surface area contributed by atoms with Gasteiger partial charge in [-0.25, -0.2) is 0 Å². The molecule has 0 saturated heterocycles. The van der Waals surface area contributed by atoms with Crippen molar-refractivity contribution in [1.82, 2.24) is 4.98 Å². The van der Waals surface area contributed by atoms with E-state index in [0.29, 0.717) is 6.54 Å². The lowest BCUT2D eigenvalue weighted by Crippen LogP contribution is -2.07. The summed E-state index contributed by atoms with van der Waals surface area (Å²) >= 11 is 0. The molecule has 0 spiro atoms. The van der Waals surface area contributed by atoms with Crippen molar-refractivity contribution in [3.63, 3.8) is 0 Å². The number of fused-ring (bicyclic) bond motifs is 1. The Bertz CT molecular complexity index is 2000. The number of hydrogen-bond acceptors (Lipinski definition) is 3. The average molecular weight is 598 g/mol. The van der Waals surface area contributed by atoms with Crippen LogP contribution in [-0.2, 0) is 6.54 Å². The Labute approximate surface area is 272 Å². The third-order valence-corrected chi connectivity index (χ3v) is 8.47. The van der Waals surface area contributed by atoms with Gasteiger partial charge in [-0.05, 0) is 94.4 Å². The van der Waals surface area contributed by atoms with E-state index >= 15 is 0 Å². The highest BCUT2D eigenvalue weighted by Crippen LogP contribution is 2.32. The van der Waals surface area contributed by atoms with Crippen LogP contribution in [0.25, 0.3) is 33.5 Å². The van der Waals surface area contributed by atoms with E-state index in [1.54, 1.807) is 6.20 Å². The summed E-state index contributed by atoms with van der Waals surface area (Å²) in [5.74, 6) is 0.0797. The van der Waals surface area contributed by atoms with Gasteiger partial charge in [0.05, 0.1) is 12.3 Å². The Kier molecular flexibility index (Phi) is 9.70. The van der Waals surface area contributed by atoms with Crippen LogP contribution >= 0.6 is 0 Å². The lowest BCUT2D eigenvalue weighted by molar-refractivity contribution is 0.762. The zero-order valence-electron chi connectivity index (χ0n) is 26.6. The van der Waals surface area contributed by atoms with Gasteiger partial charge in [-0.3, -0.25) is 15.0 Å². The van der Waals surface area contributed by atoms with E-state index in [4.69, 9.17) is 4.99 Å². The summed E-state index contributed by atoms with van der Waals surface area (Å²) < 4.78 is 0. The first-order valence-corrected chi connectivity index (χ1v) is 16.0. The molecule has 1 aliphatic rings. The van der Waals surface area contributed by atoms with Crippen LogP contribution in [0.5, 0.6) is 0 Å². The zero-order chi connectivity index (χ0) is 31.7. The average Bonchev–Trinajstić information content (AvgIpc) is 3.11. The van der Waals surface area contributed by atoms with Gasteiger partial charge < -0.3 is 0 Å². The Balaban J connectivity index is 1.41. The van der Waals surface area contributed by atoms with Gasteiger partial charge in [0.25, 0.3) is 0 Å². The summed E-state index contributed by atoms with van der Waals surface area (Å²) in [6.45, 7) is 8.89. The maximum Gasteiger partial charge on any atom is 0.0669 e. The van der Waals surface area contributed by atoms with Crippen LogP contribution in [0.15, 0.2) is 156 Å². The molecule has 3 heteroatoms. The molecule has 1 atom stereocenters. The largest absolute Gasteiger partial charge is 0.280 e. The standard InChI is InChI=1S/C43H39N3/c1-4-5-12-33-23-22-32(25-31(33)2)29-46-43(28-42(44-3)37-17-8-15-35(26-37)39-19-11-24-45-30-39)38-18-9-16-36(27-38)41-21-10-14-34-13-6-7-20-40(34)41/h5-16,18-28,30,37H,3-4,17,29H2,1-2H3/b12-5-,42-28-,46-43+. The first-order valence-electron chi connectivity index (χ1n) is 16.0. The highest BCUT2D eigenvalue weighted by Gasteiger charge is 2.17. The fourth-order valence-electron chi connectivity index (χ4n) is 6.01. The molecule has 46 heavy (non-hydrogen) atoms. The minimum atomic E-state index is 0.0797. The minimum Gasteiger partial charge on any atom is -0.280 e. The molecule has 226 valence electrons. The van der Waals surface area contributed by atoms with Crippen molar-refractivity contribution in [2.75, 3.05) is 0 Å². The van der Waals surface area contributed by atoms with Gasteiger partial charge in [0.15, 0.2) is 0 Å². The van der Waals surface area contributed by atoms with E-state index in [-0.39, 0.29) is 5.92 Å². The molecule has 0 bridgehead atoms. The number of aliphatic imine (C=N–C) groups is 2. The van der Waals surface area contributed by atoms with Crippen LogP contribution in [0.2, 0.25) is 0 Å². The highest BCUT2D eigenvalue weighted by molar-refractivity contribution is 6.10. The smallest absolute Gasteiger partial charge is 0.0669 e. The van der Waals surface area contributed by atoms with E-state index in [0.717, 1.165) is 46.5 Å². The minimum absolute atomic E-state index is 0.0797. The fourth-order valence-corrected chi connectivity index (χ4v) is 6.01. The van der Waals surface area contributed by atoms with Crippen molar-refractivity contribution in [3.05, 3.63) is 173 Å². The summed E-state index contributed by atoms with van der Waals surface area (Å²) in [6, 6.07) is 34.4. The van der Waals surface area contributed by atoms with Crippen molar-refractivity contribution in [3.8, 4) is 11.1 Å². The maximum atomic E-state index is 5.24. The highest BCUT2D eigenvalue weighted by atomic mass is 14.8. The first kappa shape index (κ1) is 30.6. The Morgan fingerprint density at radius 1 is 0.935 bits per heavy atom.